The summed E-state index contributed by atoms with van der Waals surface area (Å²) in [7, 11) is 0. The summed E-state index contributed by atoms with van der Waals surface area (Å²) in [5.41, 5.74) is 6.65. The van der Waals surface area contributed by atoms with Gasteiger partial charge in [0.25, 0.3) is 5.91 Å². The second-order valence-electron chi connectivity index (χ2n) is 3.83. The molecule has 1 amide bonds. The molecule has 2 unspecified atom stereocenters. The highest BCUT2D eigenvalue weighted by molar-refractivity contribution is 9.11. The van der Waals surface area contributed by atoms with Gasteiger partial charge in [-0.1, -0.05) is 0 Å². The number of hydrogen-bond acceptors (Lipinski definition) is 3. The van der Waals surface area contributed by atoms with Gasteiger partial charge in [0.05, 0.1) is 9.35 Å². The summed E-state index contributed by atoms with van der Waals surface area (Å²) in [6.07, 6.45) is 0.901. The largest absolute Gasteiger partial charge is 0.334 e. The molecule has 2 atom stereocenters. The summed E-state index contributed by atoms with van der Waals surface area (Å²) < 4.78 is 0.988. The van der Waals surface area contributed by atoms with Crippen molar-refractivity contribution >= 4 is 33.2 Å². The Morgan fingerprint density at radius 3 is 2.93 bits per heavy atom. The molecule has 0 saturated carbocycles. The summed E-state index contributed by atoms with van der Waals surface area (Å²) >= 11 is 4.89. The fraction of sp³-hybridized carbons (Fsp3) is 0.500. The van der Waals surface area contributed by atoms with Gasteiger partial charge < -0.3 is 10.6 Å². The number of nitrogens with zero attached hydrogens (tertiary/aromatic N) is 1. The zero-order valence-electron chi connectivity index (χ0n) is 8.44. The Bertz CT molecular complexity index is 379. The van der Waals surface area contributed by atoms with Crippen LogP contribution in [0.5, 0.6) is 0 Å². The van der Waals surface area contributed by atoms with E-state index in [1.54, 1.807) is 0 Å². The van der Waals surface area contributed by atoms with Gasteiger partial charge in [-0.05, 0) is 35.3 Å². The monoisotopic (exact) mass is 288 g/mol. The molecule has 0 spiro atoms. The molecule has 1 fully saturated rings. The lowest BCUT2D eigenvalue weighted by Crippen LogP contribution is -2.40. The normalized spacial score (nSPS) is 25.9. The van der Waals surface area contributed by atoms with Crippen LogP contribution in [0.1, 0.15) is 23.7 Å². The standard InChI is InChI=1S/C10H13BrN2OS/c1-6-8(12)2-3-13(6)10(14)7-4-9(11)15-5-7/h4-6,8H,2-3,12H2,1H3. The quantitative estimate of drug-likeness (QED) is 0.860. The van der Waals surface area contributed by atoms with Gasteiger partial charge in [-0.3, -0.25) is 4.79 Å². The fourth-order valence-electron chi connectivity index (χ4n) is 1.84. The van der Waals surface area contributed by atoms with Gasteiger partial charge in [0.1, 0.15) is 0 Å². The summed E-state index contributed by atoms with van der Waals surface area (Å²) in [4.78, 5) is 13.9. The third-order valence-electron chi connectivity index (χ3n) is 2.89. The number of thiophene rings is 1. The topological polar surface area (TPSA) is 46.3 Å². The molecule has 2 rings (SSSR count). The molecule has 82 valence electrons. The van der Waals surface area contributed by atoms with Crippen LogP contribution in [0.4, 0.5) is 0 Å². The molecule has 1 aliphatic heterocycles. The molecule has 2 heterocycles. The average Bonchev–Trinajstić information content (AvgIpc) is 2.75. The van der Waals surface area contributed by atoms with Crippen LogP contribution in [-0.4, -0.2) is 29.4 Å². The van der Waals surface area contributed by atoms with Crippen molar-refractivity contribution in [3.05, 3.63) is 20.8 Å². The third kappa shape index (κ3) is 2.09. The van der Waals surface area contributed by atoms with E-state index in [1.807, 2.05) is 23.3 Å². The Balaban J connectivity index is 2.15. The Kier molecular flexibility index (Phi) is 3.13. The number of likely N-dealkylation sites (tertiary alicyclic amines) is 1. The van der Waals surface area contributed by atoms with Crippen LogP contribution in [-0.2, 0) is 0 Å². The van der Waals surface area contributed by atoms with Gasteiger partial charge in [0.15, 0.2) is 0 Å². The Morgan fingerprint density at radius 1 is 1.73 bits per heavy atom. The zero-order valence-corrected chi connectivity index (χ0v) is 10.8. The minimum Gasteiger partial charge on any atom is -0.334 e. The van der Waals surface area contributed by atoms with Crippen molar-refractivity contribution in [1.29, 1.82) is 0 Å². The predicted octanol–water partition coefficient (Wildman–Crippen LogP) is 2.07. The predicted molar refractivity (Wildman–Crippen MR) is 65.1 cm³/mol. The zero-order chi connectivity index (χ0) is 11.0. The first-order valence-electron chi connectivity index (χ1n) is 4.90. The van der Waals surface area contributed by atoms with Crippen LogP contribution in [0.2, 0.25) is 0 Å². The maximum Gasteiger partial charge on any atom is 0.255 e. The smallest absolute Gasteiger partial charge is 0.255 e. The number of halogens is 1. The van der Waals surface area contributed by atoms with E-state index >= 15 is 0 Å². The molecule has 1 saturated heterocycles. The lowest BCUT2D eigenvalue weighted by Gasteiger charge is -2.22. The Hall–Kier alpha value is -0.390. The van der Waals surface area contributed by atoms with Crippen LogP contribution in [0.25, 0.3) is 0 Å². The van der Waals surface area contributed by atoms with Gasteiger partial charge in [-0.15, -0.1) is 11.3 Å². The molecule has 3 nitrogen and oxygen atoms in total. The van der Waals surface area contributed by atoms with E-state index in [0.717, 1.165) is 22.3 Å². The van der Waals surface area contributed by atoms with E-state index in [1.165, 1.54) is 11.3 Å². The number of hydrogen-bond donors (Lipinski definition) is 1. The molecule has 1 aliphatic rings. The Labute approximate surface area is 101 Å². The van der Waals surface area contributed by atoms with Crippen LogP contribution >= 0.6 is 27.3 Å². The SMILES string of the molecule is CC1C(N)CCN1C(=O)c1csc(Br)c1. The molecular formula is C10H13BrN2OS. The first-order chi connectivity index (χ1) is 7.09. The lowest BCUT2D eigenvalue weighted by molar-refractivity contribution is 0.0743. The molecule has 0 aromatic carbocycles. The second-order valence-corrected chi connectivity index (χ2v) is 6.12. The first kappa shape index (κ1) is 11.1. The van der Waals surface area contributed by atoms with Crippen molar-refractivity contribution in [2.75, 3.05) is 6.54 Å². The van der Waals surface area contributed by atoms with E-state index < -0.39 is 0 Å². The van der Waals surface area contributed by atoms with E-state index in [4.69, 9.17) is 5.73 Å². The number of rotatable bonds is 1. The highest BCUT2D eigenvalue weighted by Crippen LogP contribution is 2.24. The van der Waals surface area contributed by atoms with Crippen molar-refractivity contribution in [2.45, 2.75) is 25.4 Å². The highest BCUT2D eigenvalue weighted by atomic mass is 79.9. The van der Waals surface area contributed by atoms with Crippen LogP contribution in [0, 0.1) is 0 Å². The first-order valence-corrected chi connectivity index (χ1v) is 6.57. The van der Waals surface area contributed by atoms with Crippen molar-refractivity contribution in [3.63, 3.8) is 0 Å². The van der Waals surface area contributed by atoms with E-state index in [0.29, 0.717) is 0 Å². The van der Waals surface area contributed by atoms with Gasteiger partial charge in [-0.25, -0.2) is 0 Å². The lowest BCUT2D eigenvalue weighted by atomic mass is 10.1. The highest BCUT2D eigenvalue weighted by Gasteiger charge is 2.32. The summed E-state index contributed by atoms with van der Waals surface area (Å²) in [5, 5.41) is 1.88. The molecule has 1 aromatic rings. The van der Waals surface area contributed by atoms with Gasteiger partial charge in [-0.2, -0.15) is 0 Å². The molecule has 1 aromatic heterocycles. The van der Waals surface area contributed by atoms with Crippen molar-refractivity contribution < 1.29 is 4.79 Å². The Morgan fingerprint density at radius 2 is 2.47 bits per heavy atom. The maximum atomic E-state index is 12.1. The molecule has 15 heavy (non-hydrogen) atoms. The molecule has 0 bridgehead atoms. The van der Waals surface area contributed by atoms with Crippen molar-refractivity contribution in [1.82, 2.24) is 4.90 Å². The molecule has 0 aliphatic carbocycles. The third-order valence-corrected chi connectivity index (χ3v) is 4.39. The van der Waals surface area contributed by atoms with Crippen LogP contribution < -0.4 is 5.73 Å². The minimum absolute atomic E-state index is 0.0948. The summed E-state index contributed by atoms with van der Waals surface area (Å²) in [5.74, 6) is 0.0948. The van der Waals surface area contributed by atoms with E-state index in [9.17, 15) is 4.79 Å². The van der Waals surface area contributed by atoms with Gasteiger partial charge in [0.2, 0.25) is 0 Å². The molecule has 5 heteroatoms. The number of amides is 1. The summed E-state index contributed by atoms with van der Waals surface area (Å²) in [6, 6.07) is 2.14. The fourth-order valence-corrected chi connectivity index (χ4v) is 2.97. The van der Waals surface area contributed by atoms with Crippen LogP contribution in [0.3, 0.4) is 0 Å². The van der Waals surface area contributed by atoms with E-state index in [2.05, 4.69) is 15.9 Å². The number of carbonyl (C=O) groups is 1. The minimum atomic E-state index is 0.0948. The van der Waals surface area contributed by atoms with Gasteiger partial charge in [0, 0.05) is 24.0 Å². The average molecular weight is 289 g/mol. The molecule has 0 radical (unpaired) electrons. The number of nitrogens with two attached hydrogens (primary N) is 1. The van der Waals surface area contributed by atoms with Gasteiger partial charge >= 0.3 is 0 Å². The summed E-state index contributed by atoms with van der Waals surface area (Å²) in [6.45, 7) is 2.78. The number of carbonyl (C=O) groups excluding carboxylic acids is 1. The van der Waals surface area contributed by atoms with E-state index in [-0.39, 0.29) is 18.0 Å². The second kappa shape index (κ2) is 4.23. The van der Waals surface area contributed by atoms with Crippen molar-refractivity contribution in [3.8, 4) is 0 Å². The van der Waals surface area contributed by atoms with Crippen LogP contribution in [0.15, 0.2) is 15.2 Å². The maximum absolute atomic E-state index is 12.1. The van der Waals surface area contributed by atoms with Crippen molar-refractivity contribution in [2.24, 2.45) is 5.73 Å². The molecular weight excluding hydrogens is 276 g/mol. The molecule has 2 N–H and O–H groups in total.